The third kappa shape index (κ3) is 2.55. The Morgan fingerprint density at radius 1 is 1.37 bits per heavy atom. The fourth-order valence-electron chi connectivity index (χ4n) is 2.81. The molecule has 2 aromatic rings. The Bertz CT molecular complexity index is 638. The first kappa shape index (κ1) is 12.8. The van der Waals surface area contributed by atoms with Gasteiger partial charge in [-0.2, -0.15) is 0 Å². The van der Waals surface area contributed by atoms with Crippen molar-refractivity contribution in [3.8, 4) is 0 Å². The summed E-state index contributed by atoms with van der Waals surface area (Å²) in [6.07, 6.45) is 2.30. The zero-order valence-electron chi connectivity index (χ0n) is 11.0. The monoisotopic (exact) mass is 279 g/mol. The van der Waals surface area contributed by atoms with Gasteiger partial charge in [-0.05, 0) is 57.1 Å². The van der Waals surface area contributed by atoms with E-state index in [1.807, 2.05) is 16.7 Å². The van der Waals surface area contributed by atoms with E-state index in [-0.39, 0.29) is 5.69 Å². The van der Waals surface area contributed by atoms with Crippen molar-refractivity contribution in [2.75, 3.05) is 20.1 Å². The van der Waals surface area contributed by atoms with Gasteiger partial charge in [-0.3, -0.25) is 4.57 Å². The van der Waals surface area contributed by atoms with Crippen LogP contribution in [-0.4, -0.2) is 34.6 Å². The van der Waals surface area contributed by atoms with E-state index in [1.165, 1.54) is 0 Å². The minimum atomic E-state index is -0.0313. The van der Waals surface area contributed by atoms with Crippen LogP contribution in [0.4, 0.5) is 0 Å². The van der Waals surface area contributed by atoms with E-state index in [2.05, 4.69) is 16.9 Å². The Morgan fingerprint density at radius 2 is 2.11 bits per heavy atom. The predicted molar refractivity (Wildman–Crippen MR) is 77.8 cm³/mol. The Hall–Kier alpha value is -1.26. The second-order valence-electron chi connectivity index (χ2n) is 5.45. The number of likely N-dealkylation sites (tertiary alicyclic amines) is 1. The molecule has 0 bridgehead atoms. The highest BCUT2D eigenvalue weighted by molar-refractivity contribution is 6.31. The molecule has 0 radical (unpaired) electrons. The minimum absolute atomic E-state index is 0.0313. The van der Waals surface area contributed by atoms with Crippen LogP contribution in [0.5, 0.6) is 0 Å². The topological polar surface area (TPSA) is 41.0 Å². The predicted octanol–water partition coefficient (Wildman–Crippen LogP) is 2.32. The van der Waals surface area contributed by atoms with E-state index in [0.717, 1.165) is 43.5 Å². The standard InChI is InChI=1S/C14H18ClN3O/c1-17-6-4-10(5-7-17)9-18-13-8-11(15)2-3-12(13)16-14(18)19/h2-3,8,10H,4-7,9H2,1H3,(H,16,19). The van der Waals surface area contributed by atoms with Crippen molar-refractivity contribution in [2.24, 2.45) is 5.92 Å². The Morgan fingerprint density at radius 3 is 2.84 bits per heavy atom. The molecule has 1 saturated heterocycles. The fraction of sp³-hybridized carbons (Fsp3) is 0.500. The van der Waals surface area contributed by atoms with Gasteiger partial charge in [0.25, 0.3) is 0 Å². The van der Waals surface area contributed by atoms with Crippen molar-refractivity contribution in [3.63, 3.8) is 0 Å². The molecule has 0 atom stereocenters. The van der Waals surface area contributed by atoms with Crippen molar-refractivity contribution < 1.29 is 0 Å². The molecule has 1 N–H and O–H groups in total. The summed E-state index contributed by atoms with van der Waals surface area (Å²) in [5.41, 5.74) is 1.75. The van der Waals surface area contributed by atoms with Gasteiger partial charge in [0.05, 0.1) is 11.0 Å². The van der Waals surface area contributed by atoms with Crippen LogP contribution in [0.1, 0.15) is 12.8 Å². The highest BCUT2D eigenvalue weighted by Crippen LogP contribution is 2.21. The van der Waals surface area contributed by atoms with Crippen molar-refractivity contribution in [1.82, 2.24) is 14.5 Å². The fourth-order valence-corrected chi connectivity index (χ4v) is 2.98. The molecule has 3 rings (SSSR count). The molecule has 0 saturated carbocycles. The molecular formula is C14H18ClN3O. The largest absolute Gasteiger partial charge is 0.326 e. The summed E-state index contributed by atoms with van der Waals surface area (Å²) in [5.74, 6) is 0.576. The highest BCUT2D eigenvalue weighted by atomic mass is 35.5. The molecule has 5 heteroatoms. The summed E-state index contributed by atoms with van der Waals surface area (Å²) in [4.78, 5) is 17.3. The number of piperidine rings is 1. The number of halogens is 1. The summed E-state index contributed by atoms with van der Waals surface area (Å²) in [6, 6.07) is 5.54. The summed E-state index contributed by atoms with van der Waals surface area (Å²) >= 11 is 6.03. The van der Waals surface area contributed by atoms with Gasteiger partial charge >= 0.3 is 5.69 Å². The number of aromatic amines is 1. The molecule has 0 aliphatic carbocycles. The third-order valence-electron chi connectivity index (χ3n) is 4.02. The summed E-state index contributed by atoms with van der Waals surface area (Å²) in [6.45, 7) is 3.01. The van der Waals surface area contributed by atoms with Crippen molar-refractivity contribution in [1.29, 1.82) is 0 Å². The Balaban J connectivity index is 1.90. The normalized spacial score (nSPS) is 18.2. The van der Waals surface area contributed by atoms with Crippen molar-refractivity contribution in [3.05, 3.63) is 33.7 Å². The second kappa shape index (κ2) is 5.02. The van der Waals surface area contributed by atoms with Gasteiger partial charge in [-0.25, -0.2) is 4.79 Å². The van der Waals surface area contributed by atoms with E-state index in [0.29, 0.717) is 10.9 Å². The van der Waals surface area contributed by atoms with Crippen molar-refractivity contribution in [2.45, 2.75) is 19.4 Å². The second-order valence-corrected chi connectivity index (χ2v) is 5.89. The number of benzene rings is 1. The zero-order valence-corrected chi connectivity index (χ0v) is 11.8. The maximum absolute atomic E-state index is 12.0. The molecule has 0 unspecified atom stereocenters. The third-order valence-corrected chi connectivity index (χ3v) is 4.25. The van der Waals surface area contributed by atoms with E-state index in [9.17, 15) is 4.79 Å². The summed E-state index contributed by atoms with van der Waals surface area (Å²) in [5, 5.41) is 0.670. The number of H-pyrrole nitrogens is 1. The lowest BCUT2D eigenvalue weighted by Gasteiger charge is -2.29. The van der Waals surface area contributed by atoms with E-state index in [1.54, 1.807) is 6.07 Å². The molecule has 1 fully saturated rings. The SMILES string of the molecule is CN1CCC(Cn2c(=O)[nH]c3ccc(Cl)cc32)CC1. The van der Waals surface area contributed by atoms with Gasteiger partial charge in [0, 0.05) is 11.6 Å². The molecule has 102 valence electrons. The van der Waals surface area contributed by atoms with E-state index >= 15 is 0 Å². The Kier molecular flexibility index (Phi) is 3.37. The van der Waals surface area contributed by atoms with Gasteiger partial charge < -0.3 is 9.88 Å². The molecule has 0 amide bonds. The van der Waals surface area contributed by atoms with Gasteiger partial charge in [0.1, 0.15) is 0 Å². The van der Waals surface area contributed by atoms with Crippen LogP contribution in [0, 0.1) is 5.92 Å². The number of rotatable bonds is 2. The van der Waals surface area contributed by atoms with Gasteiger partial charge in [-0.15, -0.1) is 0 Å². The molecule has 2 heterocycles. The van der Waals surface area contributed by atoms with E-state index < -0.39 is 0 Å². The number of hydrogen-bond donors (Lipinski definition) is 1. The first-order valence-corrected chi connectivity index (χ1v) is 7.08. The quantitative estimate of drug-likeness (QED) is 0.917. The number of aromatic nitrogens is 2. The van der Waals surface area contributed by atoms with Crippen LogP contribution in [0.2, 0.25) is 5.02 Å². The van der Waals surface area contributed by atoms with Gasteiger partial charge in [-0.1, -0.05) is 11.6 Å². The van der Waals surface area contributed by atoms with Crippen LogP contribution >= 0.6 is 11.6 Å². The molecule has 1 aliphatic heterocycles. The average molecular weight is 280 g/mol. The van der Waals surface area contributed by atoms with Crippen LogP contribution in [0.15, 0.2) is 23.0 Å². The van der Waals surface area contributed by atoms with Crippen LogP contribution in [0.3, 0.4) is 0 Å². The zero-order chi connectivity index (χ0) is 13.4. The lowest BCUT2D eigenvalue weighted by Crippen LogP contribution is -2.33. The molecular weight excluding hydrogens is 262 g/mol. The maximum atomic E-state index is 12.0. The maximum Gasteiger partial charge on any atom is 0.326 e. The van der Waals surface area contributed by atoms with Crippen LogP contribution in [-0.2, 0) is 6.54 Å². The van der Waals surface area contributed by atoms with Crippen molar-refractivity contribution >= 4 is 22.6 Å². The first-order chi connectivity index (χ1) is 9.13. The number of nitrogens with zero attached hydrogens (tertiary/aromatic N) is 2. The molecule has 0 spiro atoms. The van der Waals surface area contributed by atoms with Gasteiger partial charge in [0.15, 0.2) is 0 Å². The average Bonchev–Trinajstić information content (AvgIpc) is 2.69. The molecule has 19 heavy (non-hydrogen) atoms. The van der Waals surface area contributed by atoms with E-state index in [4.69, 9.17) is 11.6 Å². The molecule has 4 nitrogen and oxygen atoms in total. The summed E-state index contributed by atoms with van der Waals surface area (Å²) in [7, 11) is 2.15. The van der Waals surface area contributed by atoms with Gasteiger partial charge in [0.2, 0.25) is 0 Å². The number of nitrogens with one attached hydrogen (secondary N) is 1. The lowest BCUT2D eigenvalue weighted by molar-refractivity contribution is 0.205. The molecule has 1 aromatic heterocycles. The smallest absolute Gasteiger partial charge is 0.306 e. The lowest BCUT2D eigenvalue weighted by atomic mass is 9.97. The highest BCUT2D eigenvalue weighted by Gasteiger charge is 2.19. The number of fused-ring (bicyclic) bond motifs is 1. The first-order valence-electron chi connectivity index (χ1n) is 6.70. The Labute approximate surface area is 117 Å². The minimum Gasteiger partial charge on any atom is -0.306 e. The number of imidazole rings is 1. The summed E-state index contributed by atoms with van der Waals surface area (Å²) < 4.78 is 1.83. The van der Waals surface area contributed by atoms with Crippen LogP contribution in [0.25, 0.3) is 11.0 Å². The molecule has 1 aliphatic rings. The number of hydrogen-bond acceptors (Lipinski definition) is 2. The van der Waals surface area contributed by atoms with Crippen LogP contribution < -0.4 is 5.69 Å². The molecule has 1 aromatic carbocycles.